The van der Waals surface area contributed by atoms with Gasteiger partial charge in [-0.3, -0.25) is 0 Å². The number of guanidine groups is 1. The third-order valence-corrected chi connectivity index (χ3v) is 4.60. The lowest BCUT2D eigenvalue weighted by Crippen LogP contribution is -2.47. The lowest BCUT2D eigenvalue weighted by molar-refractivity contribution is 0.0668. The highest BCUT2D eigenvalue weighted by Crippen LogP contribution is 2.44. The second kappa shape index (κ2) is 5.83. The van der Waals surface area contributed by atoms with Crippen molar-refractivity contribution in [2.45, 2.75) is 25.3 Å². The molecule has 0 spiro atoms. The van der Waals surface area contributed by atoms with Gasteiger partial charge in [-0.05, 0) is 23.8 Å². The monoisotopic (exact) mass is 273 g/mol. The molecule has 4 heteroatoms. The lowest BCUT2D eigenvalue weighted by Gasteiger charge is -2.41. The highest BCUT2D eigenvalue weighted by molar-refractivity contribution is 5.78. The molecule has 108 valence electrons. The Balaban J connectivity index is 1.60. The smallest absolute Gasteiger partial charge is 0.191 e. The first kappa shape index (κ1) is 13.4. The molecular weight excluding hydrogens is 250 g/mol. The first-order valence-electron chi connectivity index (χ1n) is 7.46. The van der Waals surface area contributed by atoms with Crippen LogP contribution in [0.1, 0.15) is 24.8 Å². The van der Waals surface area contributed by atoms with E-state index in [0.29, 0.717) is 23.8 Å². The van der Waals surface area contributed by atoms with Gasteiger partial charge in [0.2, 0.25) is 0 Å². The summed E-state index contributed by atoms with van der Waals surface area (Å²) in [6.07, 6.45) is 1.11. The fourth-order valence-corrected chi connectivity index (χ4v) is 3.12. The Labute approximate surface area is 120 Å². The van der Waals surface area contributed by atoms with E-state index in [1.807, 2.05) is 0 Å². The molecule has 1 heterocycles. The molecule has 2 fully saturated rings. The number of morpholine rings is 1. The Hall–Kier alpha value is -1.55. The highest BCUT2D eigenvalue weighted by Gasteiger charge is 2.38. The number of hydrogen-bond acceptors (Lipinski definition) is 2. The molecule has 3 unspecified atom stereocenters. The summed E-state index contributed by atoms with van der Waals surface area (Å²) >= 11 is 0. The van der Waals surface area contributed by atoms with Gasteiger partial charge >= 0.3 is 0 Å². The molecule has 1 saturated carbocycles. The summed E-state index contributed by atoms with van der Waals surface area (Å²) in [7, 11) is 0. The van der Waals surface area contributed by atoms with E-state index in [4.69, 9.17) is 15.5 Å². The van der Waals surface area contributed by atoms with E-state index >= 15 is 0 Å². The Morgan fingerprint density at radius 2 is 1.95 bits per heavy atom. The molecule has 1 aromatic rings. The van der Waals surface area contributed by atoms with Crippen molar-refractivity contribution in [3.63, 3.8) is 0 Å². The molecule has 0 bridgehead atoms. The topological polar surface area (TPSA) is 50.8 Å². The van der Waals surface area contributed by atoms with Crippen molar-refractivity contribution in [3.05, 3.63) is 35.9 Å². The van der Waals surface area contributed by atoms with Crippen LogP contribution in [0.25, 0.3) is 0 Å². The zero-order valence-corrected chi connectivity index (χ0v) is 12.0. The predicted molar refractivity (Wildman–Crippen MR) is 80.8 cm³/mol. The quantitative estimate of drug-likeness (QED) is 0.660. The van der Waals surface area contributed by atoms with Gasteiger partial charge in [0, 0.05) is 13.1 Å². The van der Waals surface area contributed by atoms with Crippen LogP contribution < -0.4 is 5.73 Å². The number of benzene rings is 1. The second-order valence-electron chi connectivity index (χ2n) is 5.77. The SMILES string of the molecule is CC1C(N=C(N)N2CCOCC2)CC1c1ccccc1. The van der Waals surface area contributed by atoms with Gasteiger partial charge in [-0.1, -0.05) is 37.3 Å². The Morgan fingerprint density at radius 3 is 2.60 bits per heavy atom. The molecule has 0 aromatic heterocycles. The van der Waals surface area contributed by atoms with E-state index in [1.165, 1.54) is 5.56 Å². The number of nitrogens with zero attached hydrogens (tertiary/aromatic N) is 2. The predicted octanol–water partition coefficient (Wildman–Crippen LogP) is 1.83. The average molecular weight is 273 g/mol. The van der Waals surface area contributed by atoms with Crippen molar-refractivity contribution in [2.75, 3.05) is 26.3 Å². The third-order valence-electron chi connectivity index (χ3n) is 4.60. The van der Waals surface area contributed by atoms with Gasteiger partial charge in [-0.15, -0.1) is 0 Å². The zero-order valence-electron chi connectivity index (χ0n) is 12.0. The van der Waals surface area contributed by atoms with E-state index in [9.17, 15) is 0 Å². The van der Waals surface area contributed by atoms with E-state index in [2.05, 4.69) is 42.2 Å². The van der Waals surface area contributed by atoms with Crippen molar-refractivity contribution in [1.82, 2.24) is 4.90 Å². The van der Waals surface area contributed by atoms with Crippen LogP contribution in [0.2, 0.25) is 0 Å². The van der Waals surface area contributed by atoms with Crippen LogP contribution in [0, 0.1) is 5.92 Å². The maximum Gasteiger partial charge on any atom is 0.191 e. The standard InChI is InChI=1S/C16H23N3O/c1-12-14(13-5-3-2-4-6-13)11-15(12)18-16(17)19-7-9-20-10-8-19/h2-6,12,14-15H,7-11H2,1H3,(H2,17,18). The van der Waals surface area contributed by atoms with Crippen LogP contribution in [-0.2, 0) is 4.74 Å². The summed E-state index contributed by atoms with van der Waals surface area (Å²) in [5.41, 5.74) is 7.55. The first-order valence-corrected chi connectivity index (χ1v) is 7.46. The normalized spacial score (nSPS) is 30.9. The number of aliphatic imine (C=N–C) groups is 1. The van der Waals surface area contributed by atoms with Crippen molar-refractivity contribution in [1.29, 1.82) is 0 Å². The Kier molecular flexibility index (Phi) is 3.92. The maximum absolute atomic E-state index is 6.13. The highest BCUT2D eigenvalue weighted by atomic mass is 16.5. The minimum absolute atomic E-state index is 0.364. The molecule has 0 radical (unpaired) electrons. The summed E-state index contributed by atoms with van der Waals surface area (Å²) in [5.74, 6) is 1.89. The molecule has 2 N–H and O–H groups in total. The summed E-state index contributed by atoms with van der Waals surface area (Å²) in [4.78, 5) is 6.86. The van der Waals surface area contributed by atoms with Crippen LogP contribution in [0.15, 0.2) is 35.3 Å². The largest absolute Gasteiger partial charge is 0.378 e. The van der Waals surface area contributed by atoms with Crippen molar-refractivity contribution in [3.8, 4) is 0 Å². The van der Waals surface area contributed by atoms with Crippen LogP contribution in [0.4, 0.5) is 0 Å². The van der Waals surface area contributed by atoms with Gasteiger partial charge in [0.1, 0.15) is 0 Å². The van der Waals surface area contributed by atoms with Gasteiger partial charge in [0.25, 0.3) is 0 Å². The Bertz CT molecular complexity index is 468. The molecule has 2 aliphatic rings. The van der Waals surface area contributed by atoms with Crippen LogP contribution in [0.5, 0.6) is 0 Å². The summed E-state index contributed by atoms with van der Waals surface area (Å²) < 4.78 is 5.34. The average Bonchev–Trinajstić information content (AvgIpc) is 2.52. The molecule has 20 heavy (non-hydrogen) atoms. The number of rotatable bonds is 2. The van der Waals surface area contributed by atoms with Gasteiger partial charge in [0.05, 0.1) is 19.3 Å². The third kappa shape index (κ3) is 2.66. The fraction of sp³-hybridized carbons (Fsp3) is 0.562. The molecule has 3 atom stereocenters. The molecular formula is C16H23N3O. The summed E-state index contributed by atoms with van der Waals surface area (Å²) in [6, 6.07) is 11.1. The van der Waals surface area contributed by atoms with Crippen LogP contribution in [0.3, 0.4) is 0 Å². The van der Waals surface area contributed by atoms with Crippen molar-refractivity contribution < 1.29 is 4.74 Å². The summed E-state index contributed by atoms with van der Waals surface area (Å²) in [5, 5.41) is 0. The zero-order chi connectivity index (χ0) is 13.9. The first-order chi connectivity index (χ1) is 9.75. The molecule has 1 aliphatic heterocycles. The molecule has 3 rings (SSSR count). The van der Waals surface area contributed by atoms with Crippen molar-refractivity contribution >= 4 is 5.96 Å². The van der Waals surface area contributed by atoms with Gasteiger partial charge in [0.15, 0.2) is 5.96 Å². The number of ether oxygens (including phenoxy) is 1. The lowest BCUT2D eigenvalue weighted by atomic mass is 9.67. The van der Waals surface area contributed by atoms with Gasteiger partial charge < -0.3 is 15.4 Å². The van der Waals surface area contributed by atoms with Crippen LogP contribution in [-0.4, -0.2) is 43.2 Å². The van der Waals surface area contributed by atoms with Crippen LogP contribution >= 0.6 is 0 Å². The van der Waals surface area contributed by atoms with E-state index < -0.39 is 0 Å². The van der Waals surface area contributed by atoms with Gasteiger partial charge in [-0.25, -0.2) is 4.99 Å². The van der Waals surface area contributed by atoms with E-state index in [0.717, 1.165) is 32.7 Å². The molecule has 1 aromatic carbocycles. The number of hydrogen-bond donors (Lipinski definition) is 1. The number of nitrogens with two attached hydrogens (primary N) is 1. The van der Waals surface area contributed by atoms with Crippen molar-refractivity contribution in [2.24, 2.45) is 16.6 Å². The van der Waals surface area contributed by atoms with Gasteiger partial charge in [-0.2, -0.15) is 0 Å². The minimum Gasteiger partial charge on any atom is -0.378 e. The maximum atomic E-state index is 6.13. The van der Waals surface area contributed by atoms with E-state index in [1.54, 1.807) is 0 Å². The molecule has 1 aliphatic carbocycles. The molecule has 0 amide bonds. The fourth-order valence-electron chi connectivity index (χ4n) is 3.12. The minimum atomic E-state index is 0.364. The summed E-state index contributed by atoms with van der Waals surface area (Å²) in [6.45, 7) is 5.51. The van der Waals surface area contributed by atoms with E-state index in [-0.39, 0.29) is 0 Å². The Morgan fingerprint density at radius 1 is 1.25 bits per heavy atom. The molecule has 4 nitrogen and oxygen atoms in total. The molecule has 1 saturated heterocycles. The second-order valence-corrected chi connectivity index (χ2v) is 5.77.